The summed E-state index contributed by atoms with van der Waals surface area (Å²) >= 11 is 5.56. The molecule has 3 heteroatoms. The zero-order chi connectivity index (χ0) is 6.85. The van der Waals surface area contributed by atoms with E-state index in [9.17, 15) is 0 Å². The zero-order valence-electron chi connectivity index (χ0n) is 4.86. The third-order valence-electron chi connectivity index (χ3n) is 0.933. The van der Waals surface area contributed by atoms with Gasteiger partial charge in [-0.1, -0.05) is 0 Å². The second-order valence-electron chi connectivity index (χ2n) is 1.79. The van der Waals surface area contributed by atoms with E-state index in [-0.39, 0.29) is 0 Å². The van der Waals surface area contributed by atoms with Gasteiger partial charge in [0, 0.05) is 10.7 Å². The van der Waals surface area contributed by atoms with Crippen LogP contribution < -0.4 is 0 Å². The standard InChI is InChI=1S/C6H5BrIN/c1-4-2-5(7)6(8)9-3-4/h2-3H,1H3. The van der Waals surface area contributed by atoms with Crippen molar-refractivity contribution in [1.29, 1.82) is 0 Å². The third kappa shape index (κ3) is 1.89. The lowest BCUT2D eigenvalue weighted by atomic mass is 10.3. The molecule has 0 aliphatic rings. The van der Waals surface area contributed by atoms with Crippen molar-refractivity contribution in [2.45, 2.75) is 6.92 Å². The van der Waals surface area contributed by atoms with Gasteiger partial charge in [0.25, 0.3) is 0 Å². The molecular formula is C6H5BrIN. The Balaban J connectivity index is 3.17. The van der Waals surface area contributed by atoms with Gasteiger partial charge in [0.2, 0.25) is 0 Å². The maximum atomic E-state index is 4.12. The Morgan fingerprint density at radius 1 is 1.67 bits per heavy atom. The molecule has 0 saturated carbocycles. The van der Waals surface area contributed by atoms with E-state index in [1.807, 2.05) is 13.1 Å². The van der Waals surface area contributed by atoms with Crippen molar-refractivity contribution in [3.05, 3.63) is 26.0 Å². The molecule has 0 amide bonds. The van der Waals surface area contributed by atoms with Crippen LogP contribution in [0.4, 0.5) is 0 Å². The van der Waals surface area contributed by atoms with Crippen LogP contribution in [-0.2, 0) is 0 Å². The maximum Gasteiger partial charge on any atom is 0.115 e. The predicted octanol–water partition coefficient (Wildman–Crippen LogP) is 2.76. The summed E-state index contributed by atoms with van der Waals surface area (Å²) in [5, 5.41) is 0. The Bertz CT molecular complexity index is 224. The van der Waals surface area contributed by atoms with Crippen LogP contribution in [-0.4, -0.2) is 4.98 Å². The second kappa shape index (κ2) is 2.96. The number of nitrogens with zero attached hydrogens (tertiary/aromatic N) is 1. The molecule has 0 N–H and O–H groups in total. The average molecular weight is 298 g/mol. The summed E-state index contributed by atoms with van der Waals surface area (Å²) in [4.78, 5) is 4.12. The molecular weight excluding hydrogens is 293 g/mol. The van der Waals surface area contributed by atoms with E-state index in [0.29, 0.717) is 0 Å². The maximum absolute atomic E-state index is 4.12. The summed E-state index contributed by atoms with van der Waals surface area (Å²) in [7, 11) is 0. The van der Waals surface area contributed by atoms with E-state index in [1.165, 1.54) is 5.56 Å². The fourth-order valence-electron chi connectivity index (χ4n) is 0.517. The van der Waals surface area contributed by atoms with Crippen molar-refractivity contribution in [3.63, 3.8) is 0 Å². The first-order valence-electron chi connectivity index (χ1n) is 2.48. The molecule has 48 valence electrons. The van der Waals surface area contributed by atoms with Crippen LogP contribution >= 0.6 is 38.5 Å². The first-order chi connectivity index (χ1) is 4.20. The van der Waals surface area contributed by atoms with E-state index in [2.05, 4.69) is 49.6 Å². The predicted molar refractivity (Wildman–Crippen MR) is 49.4 cm³/mol. The van der Waals surface area contributed by atoms with Crippen molar-refractivity contribution in [2.75, 3.05) is 0 Å². The summed E-state index contributed by atoms with van der Waals surface area (Å²) in [5.41, 5.74) is 1.18. The number of pyridine rings is 1. The first-order valence-corrected chi connectivity index (χ1v) is 4.35. The minimum atomic E-state index is 1.01. The highest BCUT2D eigenvalue weighted by atomic mass is 127. The minimum Gasteiger partial charge on any atom is -0.249 e. The molecule has 0 radical (unpaired) electrons. The lowest BCUT2D eigenvalue weighted by molar-refractivity contribution is 1.21. The first kappa shape index (κ1) is 7.47. The Morgan fingerprint density at radius 3 is 2.78 bits per heavy atom. The summed E-state index contributed by atoms with van der Waals surface area (Å²) in [6.45, 7) is 2.02. The number of hydrogen-bond acceptors (Lipinski definition) is 1. The van der Waals surface area contributed by atoms with Crippen molar-refractivity contribution in [2.24, 2.45) is 0 Å². The lowest BCUT2D eigenvalue weighted by Crippen LogP contribution is -1.82. The number of halogens is 2. The molecule has 0 saturated heterocycles. The third-order valence-corrected chi connectivity index (χ3v) is 3.14. The van der Waals surface area contributed by atoms with E-state index < -0.39 is 0 Å². The number of aromatic nitrogens is 1. The Morgan fingerprint density at radius 2 is 2.33 bits per heavy atom. The minimum absolute atomic E-state index is 1.01. The summed E-state index contributed by atoms with van der Waals surface area (Å²) in [6, 6.07) is 2.05. The zero-order valence-corrected chi connectivity index (χ0v) is 8.60. The van der Waals surface area contributed by atoms with Crippen LogP contribution in [0.1, 0.15) is 5.56 Å². The fourth-order valence-corrected chi connectivity index (χ4v) is 1.28. The van der Waals surface area contributed by atoms with Crippen molar-refractivity contribution >= 4 is 38.5 Å². The van der Waals surface area contributed by atoms with Gasteiger partial charge in [-0.15, -0.1) is 0 Å². The van der Waals surface area contributed by atoms with Crippen molar-refractivity contribution < 1.29 is 0 Å². The molecule has 0 unspecified atom stereocenters. The Labute approximate surface area is 76.1 Å². The number of hydrogen-bond donors (Lipinski definition) is 0. The van der Waals surface area contributed by atoms with Crippen molar-refractivity contribution in [3.8, 4) is 0 Å². The molecule has 1 nitrogen and oxygen atoms in total. The monoisotopic (exact) mass is 297 g/mol. The van der Waals surface area contributed by atoms with E-state index in [0.717, 1.165) is 8.17 Å². The fraction of sp³-hybridized carbons (Fsp3) is 0.167. The molecule has 0 spiro atoms. The molecule has 0 bridgehead atoms. The largest absolute Gasteiger partial charge is 0.249 e. The molecule has 1 rings (SSSR count). The van der Waals surface area contributed by atoms with Crippen molar-refractivity contribution in [1.82, 2.24) is 4.98 Å². The molecule has 1 heterocycles. The SMILES string of the molecule is Cc1cnc(I)c(Br)c1. The topological polar surface area (TPSA) is 12.9 Å². The van der Waals surface area contributed by atoms with Gasteiger partial charge in [-0.2, -0.15) is 0 Å². The number of rotatable bonds is 0. The van der Waals surface area contributed by atoms with Crippen LogP contribution in [0.25, 0.3) is 0 Å². The lowest BCUT2D eigenvalue weighted by Gasteiger charge is -1.94. The van der Waals surface area contributed by atoms with Gasteiger partial charge in [0.15, 0.2) is 0 Å². The molecule has 0 aliphatic heterocycles. The van der Waals surface area contributed by atoms with Gasteiger partial charge in [-0.3, -0.25) is 0 Å². The molecule has 0 aliphatic carbocycles. The van der Waals surface area contributed by atoms with Gasteiger partial charge < -0.3 is 0 Å². The quantitative estimate of drug-likeness (QED) is 0.530. The molecule has 0 aromatic carbocycles. The van der Waals surface area contributed by atoms with E-state index in [1.54, 1.807) is 0 Å². The molecule has 1 aromatic heterocycles. The van der Waals surface area contributed by atoms with Gasteiger partial charge >= 0.3 is 0 Å². The normalized spacial score (nSPS) is 9.67. The Hall–Kier alpha value is 0.360. The van der Waals surface area contributed by atoms with Crippen LogP contribution in [0.15, 0.2) is 16.7 Å². The smallest absolute Gasteiger partial charge is 0.115 e. The average Bonchev–Trinajstić information content (AvgIpc) is 1.80. The van der Waals surface area contributed by atoms with Gasteiger partial charge in [0.1, 0.15) is 3.70 Å². The Kier molecular flexibility index (Phi) is 2.46. The highest BCUT2D eigenvalue weighted by Crippen LogP contribution is 2.16. The summed E-state index contributed by atoms with van der Waals surface area (Å²) in [6.07, 6.45) is 1.85. The molecule has 0 fully saturated rings. The molecule has 1 aromatic rings. The highest BCUT2D eigenvalue weighted by Gasteiger charge is 1.94. The van der Waals surface area contributed by atoms with Crippen LogP contribution in [0, 0.1) is 10.6 Å². The van der Waals surface area contributed by atoms with Crippen LogP contribution in [0.2, 0.25) is 0 Å². The molecule has 9 heavy (non-hydrogen) atoms. The van der Waals surface area contributed by atoms with Gasteiger partial charge in [-0.05, 0) is 57.1 Å². The van der Waals surface area contributed by atoms with Crippen LogP contribution in [0.5, 0.6) is 0 Å². The summed E-state index contributed by atoms with van der Waals surface area (Å²) < 4.78 is 2.08. The van der Waals surface area contributed by atoms with Gasteiger partial charge in [-0.25, -0.2) is 4.98 Å². The molecule has 0 atom stereocenters. The second-order valence-corrected chi connectivity index (χ2v) is 3.66. The van der Waals surface area contributed by atoms with Gasteiger partial charge in [0.05, 0.1) is 0 Å². The highest BCUT2D eigenvalue weighted by molar-refractivity contribution is 14.1. The van der Waals surface area contributed by atoms with Crippen LogP contribution in [0.3, 0.4) is 0 Å². The summed E-state index contributed by atoms with van der Waals surface area (Å²) in [5.74, 6) is 0. The van der Waals surface area contributed by atoms with E-state index >= 15 is 0 Å². The number of aryl methyl sites for hydroxylation is 1. The van der Waals surface area contributed by atoms with E-state index in [4.69, 9.17) is 0 Å².